The first-order valence-corrected chi connectivity index (χ1v) is 10.0. The molecule has 2 aromatic rings. The predicted molar refractivity (Wildman–Crippen MR) is 108 cm³/mol. The highest BCUT2D eigenvalue weighted by Crippen LogP contribution is 2.52. The molecule has 2 aliphatic rings. The van der Waals surface area contributed by atoms with E-state index in [1.54, 1.807) is 20.4 Å². The van der Waals surface area contributed by atoms with Crippen LogP contribution in [0.2, 0.25) is 0 Å². The predicted octanol–water partition coefficient (Wildman–Crippen LogP) is 2.54. The number of aromatic nitrogens is 2. The molecule has 3 atom stereocenters. The molecular weight excluding hydrogens is 370 g/mol. The summed E-state index contributed by atoms with van der Waals surface area (Å²) >= 11 is 0. The van der Waals surface area contributed by atoms with Gasteiger partial charge in [-0.25, -0.2) is 4.98 Å². The average Bonchev–Trinajstić information content (AvgIpc) is 3.27. The summed E-state index contributed by atoms with van der Waals surface area (Å²) in [6.45, 7) is 4.68. The van der Waals surface area contributed by atoms with Crippen LogP contribution in [0.4, 0.5) is 0 Å². The SMILES string of the molecule is COc1ncc([C@]2(O)CC[C@@H]3CN(Cc4cc(C)ccc4OC)C[C@@H]32)c(OC)n1. The Morgan fingerprint density at radius 3 is 2.72 bits per heavy atom. The first-order chi connectivity index (χ1) is 14.0. The third-order valence-corrected chi connectivity index (χ3v) is 6.43. The summed E-state index contributed by atoms with van der Waals surface area (Å²) in [5.41, 5.74) is 2.06. The minimum Gasteiger partial charge on any atom is -0.496 e. The van der Waals surface area contributed by atoms with E-state index in [9.17, 15) is 5.11 Å². The number of likely N-dealkylation sites (tertiary alicyclic amines) is 1. The fraction of sp³-hybridized carbons (Fsp3) is 0.545. The minimum atomic E-state index is -0.992. The molecule has 7 nitrogen and oxygen atoms in total. The molecule has 1 N–H and O–H groups in total. The van der Waals surface area contributed by atoms with E-state index in [1.165, 1.54) is 18.2 Å². The lowest BCUT2D eigenvalue weighted by atomic mass is 9.83. The molecule has 0 unspecified atom stereocenters. The van der Waals surface area contributed by atoms with E-state index in [0.717, 1.165) is 31.8 Å². The van der Waals surface area contributed by atoms with Gasteiger partial charge in [-0.05, 0) is 31.7 Å². The summed E-state index contributed by atoms with van der Waals surface area (Å²) in [7, 11) is 4.79. The second-order valence-electron chi connectivity index (χ2n) is 8.12. The minimum absolute atomic E-state index is 0.115. The van der Waals surface area contributed by atoms with Gasteiger partial charge in [-0.15, -0.1) is 0 Å². The summed E-state index contributed by atoms with van der Waals surface area (Å²) in [4.78, 5) is 10.9. The van der Waals surface area contributed by atoms with Gasteiger partial charge in [-0.3, -0.25) is 4.90 Å². The summed E-state index contributed by atoms with van der Waals surface area (Å²) in [6.07, 6.45) is 3.31. The van der Waals surface area contributed by atoms with Crippen LogP contribution in [0.3, 0.4) is 0 Å². The Morgan fingerprint density at radius 1 is 1.17 bits per heavy atom. The Morgan fingerprint density at radius 2 is 2.00 bits per heavy atom. The first kappa shape index (κ1) is 19.9. The normalized spacial score (nSPS) is 26.4. The number of nitrogens with zero attached hydrogens (tertiary/aromatic N) is 3. The molecule has 1 saturated carbocycles. The van der Waals surface area contributed by atoms with Crippen LogP contribution in [0.1, 0.15) is 29.5 Å². The molecule has 0 amide bonds. The standard InChI is InChI=1S/C22H29N3O4/c1-14-5-6-19(27-2)16(9-14)12-25-11-15-7-8-22(26,18(15)13-25)17-10-23-21(29-4)24-20(17)28-3/h5-6,9-10,15,18,26H,7-8,11-13H2,1-4H3/t15-,18+,22-/m1/s1. The Hall–Kier alpha value is -2.38. The van der Waals surface area contributed by atoms with Crippen molar-refractivity contribution in [3.05, 3.63) is 41.1 Å². The molecule has 1 aliphatic carbocycles. The maximum absolute atomic E-state index is 11.7. The van der Waals surface area contributed by atoms with Crippen LogP contribution in [-0.2, 0) is 12.1 Å². The fourth-order valence-corrected chi connectivity index (χ4v) is 5.02. The molecule has 1 saturated heterocycles. The zero-order valence-corrected chi connectivity index (χ0v) is 17.5. The third kappa shape index (κ3) is 3.53. The molecule has 156 valence electrons. The quantitative estimate of drug-likeness (QED) is 0.800. The van der Waals surface area contributed by atoms with Gasteiger partial charge in [-0.1, -0.05) is 17.7 Å². The largest absolute Gasteiger partial charge is 0.496 e. The molecule has 0 spiro atoms. The van der Waals surface area contributed by atoms with Crippen LogP contribution in [0.5, 0.6) is 17.6 Å². The van der Waals surface area contributed by atoms with Crippen LogP contribution in [-0.4, -0.2) is 54.4 Å². The van der Waals surface area contributed by atoms with Crippen molar-refractivity contribution in [1.82, 2.24) is 14.9 Å². The van der Waals surface area contributed by atoms with Crippen molar-refractivity contribution in [2.24, 2.45) is 11.8 Å². The summed E-state index contributed by atoms with van der Waals surface area (Å²) in [6, 6.07) is 6.51. The van der Waals surface area contributed by atoms with Crippen molar-refractivity contribution in [3.8, 4) is 17.6 Å². The van der Waals surface area contributed by atoms with E-state index in [-0.39, 0.29) is 11.9 Å². The fourth-order valence-electron chi connectivity index (χ4n) is 5.02. The van der Waals surface area contributed by atoms with Gasteiger partial charge in [0.1, 0.15) is 11.4 Å². The molecule has 4 rings (SSSR count). The molecular formula is C22H29N3O4. The number of aliphatic hydroxyl groups is 1. The molecule has 0 bridgehead atoms. The van der Waals surface area contributed by atoms with Gasteiger partial charge < -0.3 is 19.3 Å². The zero-order chi connectivity index (χ0) is 20.6. The van der Waals surface area contributed by atoms with Crippen molar-refractivity contribution in [2.75, 3.05) is 34.4 Å². The van der Waals surface area contributed by atoms with E-state index >= 15 is 0 Å². The number of aryl methyl sites for hydroxylation is 1. The topological polar surface area (TPSA) is 76.9 Å². The van der Waals surface area contributed by atoms with E-state index < -0.39 is 5.60 Å². The van der Waals surface area contributed by atoms with Crippen molar-refractivity contribution in [1.29, 1.82) is 0 Å². The lowest BCUT2D eigenvalue weighted by Gasteiger charge is -2.31. The van der Waals surface area contributed by atoms with Crippen LogP contribution in [0.25, 0.3) is 0 Å². The molecule has 2 heterocycles. The highest BCUT2D eigenvalue weighted by atomic mass is 16.5. The lowest BCUT2D eigenvalue weighted by molar-refractivity contribution is -0.00973. The van der Waals surface area contributed by atoms with Gasteiger partial charge in [0.25, 0.3) is 0 Å². The zero-order valence-electron chi connectivity index (χ0n) is 17.5. The van der Waals surface area contributed by atoms with Gasteiger partial charge in [0.05, 0.1) is 26.9 Å². The summed E-state index contributed by atoms with van der Waals surface area (Å²) in [5.74, 6) is 1.85. The number of hydrogen-bond acceptors (Lipinski definition) is 7. The summed E-state index contributed by atoms with van der Waals surface area (Å²) < 4.78 is 16.1. The first-order valence-electron chi connectivity index (χ1n) is 10.0. The maximum Gasteiger partial charge on any atom is 0.319 e. The average molecular weight is 399 g/mol. The second kappa shape index (κ2) is 7.80. The van der Waals surface area contributed by atoms with E-state index in [2.05, 4.69) is 33.9 Å². The number of benzene rings is 1. The molecule has 2 fully saturated rings. The summed E-state index contributed by atoms with van der Waals surface area (Å²) in [5, 5.41) is 11.7. The maximum atomic E-state index is 11.7. The van der Waals surface area contributed by atoms with Crippen LogP contribution in [0.15, 0.2) is 24.4 Å². The smallest absolute Gasteiger partial charge is 0.319 e. The van der Waals surface area contributed by atoms with E-state index in [4.69, 9.17) is 14.2 Å². The van der Waals surface area contributed by atoms with E-state index in [1.807, 2.05) is 6.07 Å². The van der Waals surface area contributed by atoms with Gasteiger partial charge in [0.2, 0.25) is 5.88 Å². The van der Waals surface area contributed by atoms with Crippen molar-refractivity contribution >= 4 is 0 Å². The van der Waals surface area contributed by atoms with Gasteiger partial charge >= 0.3 is 6.01 Å². The number of ether oxygens (including phenoxy) is 3. The molecule has 0 radical (unpaired) electrons. The van der Waals surface area contributed by atoms with Gasteiger partial charge in [0.15, 0.2) is 0 Å². The van der Waals surface area contributed by atoms with Crippen molar-refractivity contribution < 1.29 is 19.3 Å². The molecule has 7 heteroatoms. The van der Waals surface area contributed by atoms with Crippen LogP contribution < -0.4 is 14.2 Å². The lowest BCUT2D eigenvalue weighted by Crippen LogP contribution is -2.35. The van der Waals surface area contributed by atoms with Crippen molar-refractivity contribution in [3.63, 3.8) is 0 Å². The second-order valence-corrected chi connectivity index (χ2v) is 8.12. The van der Waals surface area contributed by atoms with Crippen LogP contribution >= 0.6 is 0 Å². The number of rotatable bonds is 6. The molecule has 29 heavy (non-hydrogen) atoms. The molecule has 1 aromatic heterocycles. The number of methoxy groups -OCH3 is 3. The van der Waals surface area contributed by atoms with Gasteiger partial charge in [-0.2, -0.15) is 4.98 Å². The Kier molecular flexibility index (Phi) is 5.36. The number of hydrogen-bond donors (Lipinski definition) is 1. The van der Waals surface area contributed by atoms with Crippen LogP contribution in [0, 0.1) is 18.8 Å². The number of fused-ring (bicyclic) bond motifs is 1. The third-order valence-electron chi connectivity index (χ3n) is 6.43. The van der Waals surface area contributed by atoms with Crippen molar-refractivity contribution in [2.45, 2.75) is 31.9 Å². The highest BCUT2D eigenvalue weighted by molar-refractivity contribution is 5.37. The molecule has 1 aliphatic heterocycles. The highest BCUT2D eigenvalue weighted by Gasteiger charge is 2.53. The Balaban J connectivity index is 1.57. The van der Waals surface area contributed by atoms with Gasteiger partial charge in [0, 0.05) is 37.3 Å². The Labute approximate surface area is 171 Å². The monoisotopic (exact) mass is 399 g/mol. The van der Waals surface area contributed by atoms with E-state index in [0.29, 0.717) is 23.8 Å². The molecule has 1 aromatic carbocycles. The Bertz CT molecular complexity index is 890.